The van der Waals surface area contributed by atoms with E-state index in [-0.39, 0.29) is 34.6 Å². The Morgan fingerprint density at radius 1 is 1.09 bits per heavy atom. The average Bonchev–Trinajstić information content (AvgIpc) is 3.08. The molecule has 4 rings (SSSR count). The van der Waals surface area contributed by atoms with Crippen LogP contribution in [0.4, 0.5) is 9.18 Å². The number of imide groups is 1. The summed E-state index contributed by atoms with van der Waals surface area (Å²) in [7, 11) is 0. The summed E-state index contributed by atoms with van der Waals surface area (Å²) in [6, 6.07) is 11.1. The maximum atomic E-state index is 14.1. The van der Waals surface area contributed by atoms with Gasteiger partial charge in [0, 0.05) is 23.7 Å². The first-order valence-corrected chi connectivity index (χ1v) is 11.8. The molecule has 0 aliphatic carbocycles. The van der Waals surface area contributed by atoms with Gasteiger partial charge in [0.2, 0.25) is 0 Å². The zero-order valence-electron chi connectivity index (χ0n) is 17.8. The number of piperidine rings is 1. The fourth-order valence-electron chi connectivity index (χ4n) is 3.67. The second kappa shape index (κ2) is 10.4. The highest BCUT2D eigenvalue weighted by molar-refractivity contribution is 8.18. The van der Waals surface area contributed by atoms with Gasteiger partial charge in [-0.3, -0.25) is 19.3 Å². The number of likely N-dealkylation sites (tertiary alicyclic amines) is 1. The van der Waals surface area contributed by atoms with Crippen molar-refractivity contribution in [1.82, 2.24) is 9.80 Å². The normalized spacial score (nSPS) is 17.7. The fraction of sp³-hybridized carbons (Fsp3) is 0.292. The number of rotatable bonds is 6. The number of hydrogen-bond donors (Lipinski definition) is 0. The van der Waals surface area contributed by atoms with Crippen LogP contribution < -0.4 is 4.74 Å². The summed E-state index contributed by atoms with van der Waals surface area (Å²) >= 11 is 6.82. The molecule has 2 heterocycles. The van der Waals surface area contributed by atoms with E-state index in [0.717, 1.165) is 49.0 Å². The van der Waals surface area contributed by atoms with E-state index >= 15 is 0 Å². The summed E-state index contributed by atoms with van der Waals surface area (Å²) in [4.78, 5) is 40.3. The second-order valence-electron chi connectivity index (χ2n) is 7.77. The molecule has 0 bridgehead atoms. The maximum absolute atomic E-state index is 14.1. The van der Waals surface area contributed by atoms with Crippen LogP contribution in [0.25, 0.3) is 6.08 Å². The third-order valence-electron chi connectivity index (χ3n) is 5.50. The number of carbonyl (C=O) groups is 3. The highest BCUT2D eigenvalue weighted by Crippen LogP contribution is 2.34. The lowest BCUT2D eigenvalue weighted by Crippen LogP contribution is -2.38. The van der Waals surface area contributed by atoms with Crippen LogP contribution in [0.3, 0.4) is 0 Å². The van der Waals surface area contributed by atoms with E-state index in [9.17, 15) is 18.8 Å². The van der Waals surface area contributed by atoms with Crippen LogP contribution in [0.5, 0.6) is 5.75 Å². The topological polar surface area (TPSA) is 66.9 Å². The van der Waals surface area contributed by atoms with Crippen LogP contribution in [0.1, 0.15) is 30.4 Å². The minimum atomic E-state index is -0.570. The van der Waals surface area contributed by atoms with E-state index in [1.165, 1.54) is 18.2 Å². The first-order chi connectivity index (χ1) is 15.9. The molecule has 3 amide bonds. The first-order valence-electron chi connectivity index (χ1n) is 10.6. The molecule has 33 heavy (non-hydrogen) atoms. The molecule has 172 valence electrons. The van der Waals surface area contributed by atoms with Gasteiger partial charge >= 0.3 is 0 Å². The summed E-state index contributed by atoms with van der Waals surface area (Å²) in [5, 5.41) is -0.325. The van der Waals surface area contributed by atoms with Crippen molar-refractivity contribution in [2.24, 2.45) is 0 Å². The average molecular weight is 489 g/mol. The van der Waals surface area contributed by atoms with Gasteiger partial charge in [0.25, 0.3) is 17.1 Å². The van der Waals surface area contributed by atoms with E-state index in [4.69, 9.17) is 16.3 Å². The van der Waals surface area contributed by atoms with Gasteiger partial charge in [-0.1, -0.05) is 29.8 Å². The Morgan fingerprint density at radius 3 is 2.52 bits per heavy atom. The number of amides is 3. The highest BCUT2D eigenvalue weighted by atomic mass is 35.5. The molecule has 0 aromatic heterocycles. The van der Waals surface area contributed by atoms with Gasteiger partial charge in [-0.15, -0.1) is 0 Å². The molecule has 6 nitrogen and oxygen atoms in total. The fourth-order valence-corrected chi connectivity index (χ4v) is 4.73. The van der Waals surface area contributed by atoms with Crippen LogP contribution in [0.15, 0.2) is 47.4 Å². The molecule has 0 radical (unpaired) electrons. The number of nitrogens with zero attached hydrogens (tertiary/aromatic N) is 2. The SMILES string of the molecule is O=C(COc1ccc(/C=C2\SC(=O)N(Cc3c(F)cccc3Cl)C2=O)cc1)N1CCCCC1. The van der Waals surface area contributed by atoms with E-state index in [1.54, 1.807) is 30.3 Å². The van der Waals surface area contributed by atoms with Gasteiger partial charge in [-0.25, -0.2) is 4.39 Å². The molecule has 2 aliphatic rings. The number of ether oxygens (including phenoxy) is 1. The molecule has 2 fully saturated rings. The molecular formula is C24H22ClFN2O4S. The van der Waals surface area contributed by atoms with E-state index in [1.807, 2.05) is 4.90 Å². The van der Waals surface area contributed by atoms with Crippen LogP contribution >= 0.6 is 23.4 Å². The number of benzene rings is 2. The number of hydrogen-bond acceptors (Lipinski definition) is 5. The Kier molecular flexibility index (Phi) is 7.35. The van der Waals surface area contributed by atoms with E-state index in [2.05, 4.69) is 0 Å². The summed E-state index contributed by atoms with van der Waals surface area (Å²) in [5.41, 5.74) is 0.794. The molecule has 0 unspecified atom stereocenters. The third kappa shape index (κ3) is 5.57. The number of carbonyl (C=O) groups excluding carboxylic acids is 3. The quantitative estimate of drug-likeness (QED) is 0.529. The van der Waals surface area contributed by atoms with Gasteiger partial charge in [-0.2, -0.15) is 0 Å². The van der Waals surface area contributed by atoms with Gasteiger partial charge in [0.15, 0.2) is 6.61 Å². The van der Waals surface area contributed by atoms with Gasteiger partial charge in [0.05, 0.1) is 11.4 Å². The number of thioether (sulfide) groups is 1. The molecule has 2 aromatic rings. The van der Waals surface area contributed by atoms with E-state index in [0.29, 0.717) is 11.3 Å². The monoisotopic (exact) mass is 488 g/mol. The molecule has 2 aromatic carbocycles. The van der Waals surface area contributed by atoms with E-state index < -0.39 is 17.0 Å². The molecule has 0 N–H and O–H groups in total. The summed E-state index contributed by atoms with van der Waals surface area (Å²) in [6.07, 6.45) is 4.80. The van der Waals surface area contributed by atoms with Crippen molar-refractivity contribution in [2.75, 3.05) is 19.7 Å². The largest absolute Gasteiger partial charge is 0.484 e. The Labute approximate surface area is 200 Å². The van der Waals surface area contributed by atoms with Gasteiger partial charge in [0.1, 0.15) is 11.6 Å². The molecule has 2 saturated heterocycles. The van der Waals surface area contributed by atoms with Gasteiger partial charge in [-0.05, 0) is 66.9 Å². The Morgan fingerprint density at radius 2 is 1.82 bits per heavy atom. The van der Waals surface area contributed by atoms with Crippen molar-refractivity contribution >= 4 is 46.5 Å². The van der Waals surface area contributed by atoms with Crippen molar-refractivity contribution < 1.29 is 23.5 Å². The maximum Gasteiger partial charge on any atom is 0.293 e. The second-order valence-corrected chi connectivity index (χ2v) is 9.17. The standard InChI is InChI=1S/C24H22ClFN2O4S/c25-19-5-4-6-20(26)18(19)14-28-23(30)21(33-24(28)31)13-16-7-9-17(10-8-16)32-15-22(29)27-11-2-1-3-12-27/h4-10,13H,1-3,11-12,14-15H2/b21-13-. The molecule has 0 spiro atoms. The zero-order chi connectivity index (χ0) is 23.4. The third-order valence-corrected chi connectivity index (χ3v) is 6.76. The summed E-state index contributed by atoms with van der Waals surface area (Å²) < 4.78 is 19.7. The minimum absolute atomic E-state index is 0.0170. The lowest BCUT2D eigenvalue weighted by Gasteiger charge is -2.26. The van der Waals surface area contributed by atoms with Gasteiger partial charge < -0.3 is 9.64 Å². The van der Waals surface area contributed by atoms with Crippen LogP contribution in [0, 0.1) is 5.82 Å². The van der Waals surface area contributed by atoms with Crippen molar-refractivity contribution in [3.05, 3.63) is 69.3 Å². The Hall–Kier alpha value is -2.84. The molecule has 0 saturated carbocycles. The molecule has 9 heteroatoms. The van der Waals surface area contributed by atoms with Crippen LogP contribution in [-0.2, 0) is 16.1 Å². The van der Waals surface area contributed by atoms with Crippen LogP contribution in [-0.4, -0.2) is 46.5 Å². The van der Waals surface area contributed by atoms with Crippen LogP contribution in [0.2, 0.25) is 5.02 Å². The smallest absolute Gasteiger partial charge is 0.293 e. The predicted molar refractivity (Wildman–Crippen MR) is 125 cm³/mol. The van der Waals surface area contributed by atoms with Crippen molar-refractivity contribution in [3.8, 4) is 5.75 Å². The lowest BCUT2D eigenvalue weighted by molar-refractivity contribution is -0.134. The zero-order valence-corrected chi connectivity index (χ0v) is 19.3. The highest BCUT2D eigenvalue weighted by Gasteiger charge is 2.35. The Bertz CT molecular complexity index is 1080. The van der Waals surface area contributed by atoms with Crippen molar-refractivity contribution in [1.29, 1.82) is 0 Å². The lowest BCUT2D eigenvalue weighted by atomic mass is 10.1. The van der Waals surface area contributed by atoms with Crippen molar-refractivity contribution in [2.45, 2.75) is 25.8 Å². The Balaban J connectivity index is 1.38. The molecular weight excluding hydrogens is 467 g/mol. The van der Waals surface area contributed by atoms with Crippen molar-refractivity contribution in [3.63, 3.8) is 0 Å². The summed E-state index contributed by atoms with van der Waals surface area (Å²) in [5.74, 6) is -0.557. The minimum Gasteiger partial charge on any atom is -0.484 e. The predicted octanol–water partition coefficient (Wildman–Crippen LogP) is 5.11. The molecule has 2 aliphatic heterocycles. The first kappa shape index (κ1) is 23.3. The molecule has 0 atom stereocenters. The summed E-state index contributed by atoms with van der Waals surface area (Å²) in [6.45, 7) is 1.31. The number of halogens is 2.